The van der Waals surface area contributed by atoms with Crippen LogP contribution in [0.25, 0.3) is 4.47 Å². The molecule has 0 unspecified atom stereocenters. The number of hydrogen-bond donors (Lipinski definition) is 0. The molecule has 0 N–H and O–H groups in total. The number of allylic oxidation sites excluding steroid dienone is 1. The van der Waals surface area contributed by atoms with Crippen molar-refractivity contribution in [2.45, 2.75) is 31.6 Å². The zero-order valence-corrected chi connectivity index (χ0v) is 20.4. The van der Waals surface area contributed by atoms with E-state index in [1.54, 1.807) is 12.1 Å². The molecule has 3 aromatic rings. The van der Waals surface area contributed by atoms with Gasteiger partial charge in [-0.1, -0.05) is 0 Å². The maximum atomic E-state index is 13.7. The Hall–Kier alpha value is -1.84. The van der Waals surface area contributed by atoms with Crippen molar-refractivity contribution in [3.05, 3.63) is 100 Å². The third-order valence-electron chi connectivity index (χ3n) is 4.72. The molecule has 5 heteroatoms. The molecular formula is C25H25ClO2SSe. The molecule has 0 saturated heterocycles. The fraction of sp³-hybridized carbons (Fsp3) is 0.200. The van der Waals surface area contributed by atoms with E-state index in [1.807, 2.05) is 68.4 Å². The zero-order chi connectivity index (χ0) is 21.6. The minimum absolute atomic E-state index is 0.157. The SMILES string of the molecule is Cc1ccc(/C([Se]c2ccccc2)=C(/CCCCl)S(=O)(=O)c2ccc(C)cc2)cc1. The van der Waals surface area contributed by atoms with Gasteiger partial charge < -0.3 is 0 Å². The second-order valence-electron chi connectivity index (χ2n) is 7.14. The van der Waals surface area contributed by atoms with E-state index in [9.17, 15) is 8.42 Å². The van der Waals surface area contributed by atoms with Crippen molar-refractivity contribution >= 4 is 45.3 Å². The Bertz CT molecular complexity index is 1100. The van der Waals surface area contributed by atoms with Crippen LogP contribution in [0, 0.1) is 13.8 Å². The van der Waals surface area contributed by atoms with Crippen molar-refractivity contribution in [1.82, 2.24) is 0 Å². The number of alkyl halides is 1. The molecule has 0 amide bonds. The van der Waals surface area contributed by atoms with Gasteiger partial charge in [-0.25, -0.2) is 0 Å². The predicted octanol–water partition coefficient (Wildman–Crippen LogP) is 5.49. The Morgan fingerprint density at radius 1 is 0.833 bits per heavy atom. The van der Waals surface area contributed by atoms with Gasteiger partial charge in [0, 0.05) is 0 Å². The van der Waals surface area contributed by atoms with E-state index in [2.05, 4.69) is 12.1 Å². The molecule has 0 radical (unpaired) electrons. The zero-order valence-electron chi connectivity index (χ0n) is 17.1. The summed E-state index contributed by atoms with van der Waals surface area (Å²) < 4.78 is 29.5. The monoisotopic (exact) mass is 504 g/mol. The number of hydrogen-bond acceptors (Lipinski definition) is 2. The number of benzene rings is 3. The van der Waals surface area contributed by atoms with E-state index < -0.39 is 9.84 Å². The summed E-state index contributed by atoms with van der Waals surface area (Å²) in [6, 6.07) is 25.3. The molecule has 0 saturated carbocycles. The second-order valence-corrected chi connectivity index (χ2v) is 11.8. The molecule has 3 aromatic carbocycles. The molecule has 0 heterocycles. The predicted molar refractivity (Wildman–Crippen MR) is 128 cm³/mol. The van der Waals surface area contributed by atoms with E-state index in [0.29, 0.717) is 28.5 Å². The number of halogens is 1. The fourth-order valence-electron chi connectivity index (χ4n) is 3.05. The van der Waals surface area contributed by atoms with Gasteiger partial charge in [-0.05, 0) is 0 Å². The van der Waals surface area contributed by atoms with Crippen molar-refractivity contribution in [3.63, 3.8) is 0 Å². The Morgan fingerprint density at radius 2 is 1.40 bits per heavy atom. The van der Waals surface area contributed by atoms with Crippen LogP contribution in [0.3, 0.4) is 0 Å². The summed E-state index contributed by atoms with van der Waals surface area (Å²) in [7, 11) is -3.63. The third-order valence-corrected chi connectivity index (χ3v) is 9.74. The maximum absolute atomic E-state index is 13.7. The van der Waals surface area contributed by atoms with Crippen LogP contribution in [0.1, 0.15) is 29.5 Å². The Kier molecular flexibility index (Phi) is 7.96. The van der Waals surface area contributed by atoms with Gasteiger partial charge in [-0.2, -0.15) is 0 Å². The first-order valence-corrected chi connectivity index (χ1v) is 13.6. The summed E-state index contributed by atoms with van der Waals surface area (Å²) in [5.74, 6) is 0.423. The van der Waals surface area contributed by atoms with Crippen molar-refractivity contribution < 1.29 is 8.42 Å². The summed E-state index contributed by atoms with van der Waals surface area (Å²) in [6.45, 7) is 3.99. The molecule has 0 aliphatic carbocycles. The van der Waals surface area contributed by atoms with E-state index in [1.165, 1.54) is 0 Å². The number of rotatable bonds is 8. The van der Waals surface area contributed by atoms with E-state index in [4.69, 9.17) is 11.6 Å². The molecule has 30 heavy (non-hydrogen) atoms. The van der Waals surface area contributed by atoms with Crippen LogP contribution in [0.15, 0.2) is 88.7 Å². The van der Waals surface area contributed by atoms with Gasteiger partial charge in [-0.3, -0.25) is 0 Å². The third kappa shape index (κ3) is 5.65. The molecule has 3 rings (SSSR count). The number of sulfone groups is 1. The Balaban J connectivity index is 2.22. The summed E-state index contributed by atoms with van der Waals surface area (Å²) >= 11 is 5.83. The molecule has 0 aliphatic rings. The van der Waals surface area contributed by atoms with Crippen LogP contribution in [0.2, 0.25) is 0 Å². The fourth-order valence-corrected chi connectivity index (χ4v) is 7.74. The summed E-state index contributed by atoms with van der Waals surface area (Å²) in [5, 5.41) is 0. The van der Waals surface area contributed by atoms with E-state index in [-0.39, 0.29) is 15.0 Å². The second kappa shape index (κ2) is 10.5. The van der Waals surface area contributed by atoms with Crippen LogP contribution in [-0.4, -0.2) is 29.3 Å². The average molecular weight is 504 g/mol. The first-order chi connectivity index (χ1) is 14.4. The van der Waals surface area contributed by atoms with Gasteiger partial charge >= 0.3 is 192 Å². The molecule has 0 aliphatic heterocycles. The Morgan fingerprint density at radius 3 is 1.97 bits per heavy atom. The summed E-state index contributed by atoms with van der Waals surface area (Å²) in [5.41, 5.74) is 3.14. The summed E-state index contributed by atoms with van der Waals surface area (Å²) in [6.07, 6.45) is 1.04. The van der Waals surface area contributed by atoms with Gasteiger partial charge in [0.15, 0.2) is 0 Å². The van der Waals surface area contributed by atoms with Crippen LogP contribution in [0.4, 0.5) is 0 Å². The van der Waals surface area contributed by atoms with Crippen LogP contribution in [-0.2, 0) is 9.84 Å². The molecule has 0 fully saturated rings. The molecule has 0 aromatic heterocycles. The molecule has 0 bridgehead atoms. The van der Waals surface area contributed by atoms with Crippen LogP contribution in [0.5, 0.6) is 0 Å². The quantitative estimate of drug-likeness (QED) is 0.301. The number of aryl methyl sites for hydroxylation is 2. The van der Waals surface area contributed by atoms with Crippen molar-refractivity contribution in [2.24, 2.45) is 0 Å². The van der Waals surface area contributed by atoms with E-state index >= 15 is 0 Å². The van der Waals surface area contributed by atoms with Crippen molar-refractivity contribution in [1.29, 1.82) is 0 Å². The first kappa shape index (κ1) is 22.8. The molecule has 0 atom stereocenters. The van der Waals surface area contributed by atoms with Crippen molar-refractivity contribution in [3.8, 4) is 0 Å². The first-order valence-electron chi connectivity index (χ1n) is 9.82. The Labute approximate surface area is 191 Å². The van der Waals surface area contributed by atoms with Gasteiger partial charge in [0.2, 0.25) is 0 Å². The average Bonchev–Trinajstić information content (AvgIpc) is 2.75. The normalized spacial score (nSPS) is 12.5. The van der Waals surface area contributed by atoms with Gasteiger partial charge in [0.05, 0.1) is 0 Å². The van der Waals surface area contributed by atoms with Gasteiger partial charge in [0.1, 0.15) is 0 Å². The van der Waals surface area contributed by atoms with Gasteiger partial charge in [-0.15, -0.1) is 0 Å². The molecule has 156 valence electrons. The van der Waals surface area contributed by atoms with Gasteiger partial charge in [0.25, 0.3) is 0 Å². The standard InChI is InChI=1S/C25H25ClO2SSe/c1-19-10-14-21(15-11-19)25(30-23-7-4-3-5-8-23)24(9-6-18-26)29(27,28)22-16-12-20(2)13-17-22/h3-5,7-8,10-17H,6,9,18H2,1-2H3/b25-24+. The molecule has 0 spiro atoms. The van der Waals surface area contributed by atoms with E-state index in [0.717, 1.165) is 25.6 Å². The summed E-state index contributed by atoms with van der Waals surface area (Å²) in [4.78, 5) is 0.825. The molecular weight excluding hydrogens is 479 g/mol. The molecule has 2 nitrogen and oxygen atoms in total. The minimum atomic E-state index is -3.63. The van der Waals surface area contributed by atoms with Crippen LogP contribution >= 0.6 is 11.6 Å². The van der Waals surface area contributed by atoms with Crippen LogP contribution < -0.4 is 4.46 Å². The topological polar surface area (TPSA) is 34.1 Å². The van der Waals surface area contributed by atoms with Crippen molar-refractivity contribution in [2.75, 3.05) is 5.88 Å².